The molecule has 0 amide bonds. The highest BCUT2D eigenvalue weighted by molar-refractivity contribution is 5.61. The first kappa shape index (κ1) is 6.28. The minimum Gasteiger partial charge on any atom is -0.461 e. The van der Waals surface area contributed by atoms with Crippen LogP contribution in [-0.2, 0) is 0 Å². The second-order valence-electron chi connectivity index (χ2n) is 2.41. The van der Waals surface area contributed by atoms with E-state index in [1.807, 2.05) is 36.3 Å². The van der Waals surface area contributed by atoms with E-state index in [1.54, 1.807) is 6.26 Å². The van der Waals surface area contributed by atoms with E-state index in [0.717, 1.165) is 11.4 Å². The summed E-state index contributed by atoms with van der Waals surface area (Å²) in [7, 11) is 1.98. The van der Waals surface area contributed by atoms with Crippen LogP contribution < -0.4 is 9.64 Å². The molecule has 1 radical (unpaired) electrons. The van der Waals surface area contributed by atoms with E-state index in [4.69, 9.17) is 4.74 Å². The van der Waals surface area contributed by atoms with Gasteiger partial charge in [-0.2, -0.15) is 0 Å². The van der Waals surface area contributed by atoms with E-state index in [1.165, 1.54) is 0 Å². The molecule has 1 heterocycles. The molecule has 0 saturated heterocycles. The van der Waals surface area contributed by atoms with Gasteiger partial charge in [0, 0.05) is 13.2 Å². The maximum atomic E-state index is 5.24. The summed E-state index contributed by atoms with van der Waals surface area (Å²) in [6.07, 6.45) is 3.54. The molecule has 0 spiro atoms. The van der Waals surface area contributed by atoms with E-state index >= 15 is 0 Å². The molecule has 2 heteroatoms. The fraction of sp³-hybridized carbons (Fsp3) is 0.111. The number of nitrogens with zero attached hydrogens (tertiary/aromatic N) is 1. The first-order chi connectivity index (χ1) is 5.38. The van der Waals surface area contributed by atoms with Gasteiger partial charge >= 0.3 is 0 Å². The van der Waals surface area contributed by atoms with Gasteiger partial charge in [-0.3, -0.25) is 0 Å². The average molecular weight is 146 g/mol. The number of hydrogen-bond donors (Lipinski definition) is 0. The molecule has 0 bridgehead atoms. The molecule has 2 rings (SSSR count). The van der Waals surface area contributed by atoms with Gasteiger partial charge in [0.25, 0.3) is 0 Å². The highest BCUT2D eigenvalue weighted by Crippen LogP contribution is 2.29. The van der Waals surface area contributed by atoms with Crippen molar-refractivity contribution >= 4 is 5.69 Å². The van der Waals surface area contributed by atoms with Crippen molar-refractivity contribution in [3.05, 3.63) is 36.7 Å². The molecule has 2 nitrogen and oxygen atoms in total. The lowest BCUT2D eigenvalue weighted by molar-refractivity contribution is 0.471. The smallest absolute Gasteiger partial charge is 0.150 e. The molecule has 1 aliphatic heterocycles. The number of rotatable bonds is 0. The van der Waals surface area contributed by atoms with Crippen LogP contribution in [0.5, 0.6) is 5.75 Å². The molecule has 0 N–H and O–H groups in total. The Hall–Kier alpha value is -1.44. The standard InChI is InChI=1S/C9H8NO/c1-10-6-7-11-9-5-3-2-4-8(9)10/h2,4-7H,1H3. The molecular weight excluding hydrogens is 138 g/mol. The van der Waals surface area contributed by atoms with E-state index in [0.29, 0.717) is 0 Å². The molecule has 55 valence electrons. The monoisotopic (exact) mass is 146 g/mol. The Labute approximate surface area is 65.7 Å². The lowest BCUT2D eigenvalue weighted by Gasteiger charge is -2.20. The molecule has 0 aliphatic carbocycles. The first-order valence-electron chi connectivity index (χ1n) is 3.44. The highest BCUT2D eigenvalue weighted by atomic mass is 16.5. The zero-order valence-electron chi connectivity index (χ0n) is 6.24. The third-order valence-corrected chi connectivity index (χ3v) is 1.66. The third-order valence-electron chi connectivity index (χ3n) is 1.66. The quantitative estimate of drug-likeness (QED) is 0.553. The van der Waals surface area contributed by atoms with Crippen molar-refractivity contribution in [3.8, 4) is 5.75 Å². The SMILES string of the molecule is CN1C=COc2c[c]ccc21. The Morgan fingerprint density at radius 2 is 2.45 bits per heavy atom. The summed E-state index contributed by atoms with van der Waals surface area (Å²) in [6, 6.07) is 8.63. The van der Waals surface area contributed by atoms with Crippen LogP contribution in [0.25, 0.3) is 0 Å². The van der Waals surface area contributed by atoms with Gasteiger partial charge < -0.3 is 9.64 Å². The average Bonchev–Trinajstić information content (AvgIpc) is 2.06. The summed E-state index contributed by atoms with van der Waals surface area (Å²) in [5.41, 5.74) is 1.08. The van der Waals surface area contributed by atoms with E-state index in [-0.39, 0.29) is 0 Å². The van der Waals surface area contributed by atoms with Gasteiger partial charge in [-0.05, 0) is 18.2 Å². The molecule has 11 heavy (non-hydrogen) atoms. The zero-order valence-corrected chi connectivity index (χ0v) is 6.24. The Balaban J connectivity index is 2.50. The minimum absolute atomic E-state index is 0.859. The lowest BCUT2D eigenvalue weighted by atomic mass is 10.2. The summed E-state index contributed by atoms with van der Waals surface area (Å²) >= 11 is 0. The van der Waals surface area contributed by atoms with Gasteiger partial charge in [-0.15, -0.1) is 0 Å². The van der Waals surface area contributed by atoms with Crippen LogP contribution in [0.15, 0.2) is 30.7 Å². The maximum Gasteiger partial charge on any atom is 0.150 e. The molecule has 1 aliphatic rings. The number of ether oxygens (including phenoxy) is 1. The number of benzene rings is 1. The molecule has 0 aromatic heterocycles. The van der Waals surface area contributed by atoms with Gasteiger partial charge in [0.1, 0.15) is 6.26 Å². The second-order valence-corrected chi connectivity index (χ2v) is 2.41. The van der Waals surface area contributed by atoms with Gasteiger partial charge in [0.05, 0.1) is 5.69 Å². The van der Waals surface area contributed by atoms with Crippen molar-refractivity contribution in [2.75, 3.05) is 11.9 Å². The summed E-state index contributed by atoms with van der Waals surface area (Å²) in [5, 5.41) is 0. The van der Waals surface area contributed by atoms with Crippen molar-refractivity contribution in [1.82, 2.24) is 0 Å². The lowest BCUT2D eigenvalue weighted by Crippen LogP contribution is -2.12. The van der Waals surface area contributed by atoms with Crippen molar-refractivity contribution in [3.63, 3.8) is 0 Å². The minimum atomic E-state index is 0.859. The van der Waals surface area contributed by atoms with Crippen molar-refractivity contribution < 1.29 is 4.74 Å². The predicted octanol–water partition coefficient (Wildman–Crippen LogP) is 1.79. The summed E-state index contributed by atoms with van der Waals surface area (Å²) in [6.45, 7) is 0. The summed E-state index contributed by atoms with van der Waals surface area (Å²) in [4.78, 5) is 2.01. The maximum absolute atomic E-state index is 5.24. The Morgan fingerprint density at radius 1 is 1.55 bits per heavy atom. The highest BCUT2D eigenvalue weighted by Gasteiger charge is 2.08. The Morgan fingerprint density at radius 3 is 3.27 bits per heavy atom. The topological polar surface area (TPSA) is 12.5 Å². The van der Waals surface area contributed by atoms with Gasteiger partial charge in [0.15, 0.2) is 5.75 Å². The van der Waals surface area contributed by atoms with Crippen LogP contribution in [0.4, 0.5) is 5.69 Å². The predicted molar refractivity (Wildman–Crippen MR) is 43.4 cm³/mol. The molecule has 0 saturated carbocycles. The summed E-state index contributed by atoms with van der Waals surface area (Å²) in [5.74, 6) is 0.859. The molecular formula is C9H8NO. The summed E-state index contributed by atoms with van der Waals surface area (Å²) < 4.78 is 5.24. The van der Waals surface area contributed by atoms with E-state index in [2.05, 4.69) is 6.07 Å². The molecule has 0 fully saturated rings. The fourth-order valence-corrected chi connectivity index (χ4v) is 1.07. The Bertz CT molecular complexity index is 293. The van der Waals surface area contributed by atoms with Crippen LogP contribution in [0.3, 0.4) is 0 Å². The largest absolute Gasteiger partial charge is 0.461 e. The first-order valence-corrected chi connectivity index (χ1v) is 3.44. The number of fused-ring (bicyclic) bond motifs is 1. The number of anilines is 1. The normalized spacial score (nSPS) is 14.1. The van der Waals surface area contributed by atoms with Crippen LogP contribution in [-0.4, -0.2) is 7.05 Å². The van der Waals surface area contributed by atoms with Crippen LogP contribution in [0, 0.1) is 6.07 Å². The fourth-order valence-electron chi connectivity index (χ4n) is 1.07. The number of hydrogen-bond acceptors (Lipinski definition) is 2. The third kappa shape index (κ3) is 0.963. The molecule has 1 aromatic rings. The van der Waals surface area contributed by atoms with Crippen LogP contribution in [0.1, 0.15) is 0 Å². The van der Waals surface area contributed by atoms with Crippen LogP contribution in [0.2, 0.25) is 0 Å². The molecule has 0 atom stereocenters. The van der Waals surface area contributed by atoms with Gasteiger partial charge in [-0.1, -0.05) is 6.07 Å². The molecule has 1 aromatic carbocycles. The van der Waals surface area contributed by atoms with Crippen molar-refractivity contribution in [1.29, 1.82) is 0 Å². The van der Waals surface area contributed by atoms with Gasteiger partial charge in [-0.25, -0.2) is 0 Å². The molecule has 0 unspecified atom stereocenters. The van der Waals surface area contributed by atoms with Crippen molar-refractivity contribution in [2.24, 2.45) is 0 Å². The zero-order chi connectivity index (χ0) is 7.68. The van der Waals surface area contributed by atoms with E-state index < -0.39 is 0 Å². The van der Waals surface area contributed by atoms with Crippen LogP contribution >= 0.6 is 0 Å². The van der Waals surface area contributed by atoms with Gasteiger partial charge in [0.2, 0.25) is 0 Å². The Kier molecular flexibility index (Phi) is 1.32. The van der Waals surface area contributed by atoms with Crippen molar-refractivity contribution in [2.45, 2.75) is 0 Å². The van der Waals surface area contributed by atoms with E-state index in [9.17, 15) is 0 Å². The second kappa shape index (κ2) is 2.31.